The molecule has 0 unspecified atom stereocenters. The minimum Gasteiger partial charge on any atom is -0.394 e. The number of hydrogen-bond acceptors (Lipinski definition) is 8. The summed E-state index contributed by atoms with van der Waals surface area (Å²) in [5.41, 5.74) is -0.206. The lowest BCUT2D eigenvalue weighted by molar-refractivity contribution is -0.195. The van der Waals surface area contributed by atoms with Gasteiger partial charge in [0.15, 0.2) is 0 Å². The van der Waals surface area contributed by atoms with Gasteiger partial charge in [0.2, 0.25) is 0 Å². The lowest BCUT2D eigenvalue weighted by Gasteiger charge is -2.34. The Morgan fingerprint density at radius 1 is 1.07 bits per heavy atom. The summed E-state index contributed by atoms with van der Waals surface area (Å²) in [4.78, 5) is 0. The van der Waals surface area contributed by atoms with Gasteiger partial charge in [-0.05, 0) is 11.8 Å². The topological polar surface area (TPSA) is 77.4 Å². The molecule has 0 amide bonds. The lowest BCUT2D eigenvalue weighted by Crippen LogP contribution is -2.45. The first-order valence-electron chi connectivity index (χ1n) is 9.02. The zero-order valence-electron chi connectivity index (χ0n) is 16.7. The van der Waals surface area contributed by atoms with E-state index in [1.807, 2.05) is 23.5 Å². The summed E-state index contributed by atoms with van der Waals surface area (Å²) in [6, 6.07) is 0. The second-order valence-electron chi connectivity index (χ2n) is 6.95. The Morgan fingerprint density at radius 2 is 1.70 bits per heavy atom. The van der Waals surface area contributed by atoms with Crippen LogP contribution in [0.3, 0.4) is 0 Å². The average molecular weight is 423 g/mol. The SMILES string of the molecule is COCO[C@H]([C@H](O)CO)[C@H](CC(C)(C)/C=C/C=C/C1SCCS1)OCOC. The van der Waals surface area contributed by atoms with Crippen LogP contribution in [0.25, 0.3) is 0 Å². The Morgan fingerprint density at radius 3 is 2.30 bits per heavy atom. The van der Waals surface area contributed by atoms with E-state index in [2.05, 4.69) is 38.2 Å². The van der Waals surface area contributed by atoms with Crippen LogP contribution >= 0.6 is 23.5 Å². The van der Waals surface area contributed by atoms with Crippen LogP contribution in [0.5, 0.6) is 0 Å². The number of methoxy groups -OCH3 is 2. The second kappa shape index (κ2) is 14.0. The van der Waals surface area contributed by atoms with Crippen molar-refractivity contribution in [3.05, 3.63) is 24.3 Å². The number of aliphatic hydroxyl groups is 2. The largest absolute Gasteiger partial charge is 0.394 e. The van der Waals surface area contributed by atoms with Gasteiger partial charge in [-0.25, -0.2) is 0 Å². The van der Waals surface area contributed by atoms with Crippen LogP contribution in [0.2, 0.25) is 0 Å². The quantitative estimate of drug-likeness (QED) is 0.327. The average Bonchev–Trinajstić information content (AvgIpc) is 3.16. The van der Waals surface area contributed by atoms with Gasteiger partial charge in [0, 0.05) is 25.7 Å². The highest BCUT2D eigenvalue weighted by atomic mass is 32.2. The molecule has 0 aromatic carbocycles. The monoisotopic (exact) mass is 422 g/mol. The third kappa shape index (κ3) is 10.3. The molecule has 1 aliphatic heterocycles. The van der Waals surface area contributed by atoms with Gasteiger partial charge in [-0.3, -0.25) is 0 Å². The van der Waals surface area contributed by atoms with Crippen molar-refractivity contribution in [1.82, 2.24) is 0 Å². The Balaban J connectivity index is 2.74. The van der Waals surface area contributed by atoms with Crippen LogP contribution in [-0.2, 0) is 18.9 Å². The van der Waals surface area contributed by atoms with E-state index < -0.39 is 24.9 Å². The molecule has 158 valence electrons. The fourth-order valence-corrected chi connectivity index (χ4v) is 5.29. The van der Waals surface area contributed by atoms with Crippen molar-refractivity contribution in [2.45, 2.75) is 43.2 Å². The smallest absolute Gasteiger partial charge is 0.146 e. The predicted molar refractivity (Wildman–Crippen MR) is 112 cm³/mol. The number of hydrogen-bond donors (Lipinski definition) is 2. The summed E-state index contributed by atoms with van der Waals surface area (Å²) in [6.07, 6.45) is 6.80. The zero-order valence-corrected chi connectivity index (χ0v) is 18.3. The van der Waals surface area contributed by atoms with E-state index >= 15 is 0 Å². The third-order valence-electron chi connectivity index (χ3n) is 4.01. The summed E-state index contributed by atoms with van der Waals surface area (Å²) in [5, 5.41) is 19.5. The number of allylic oxidation sites excluding steroid dienone is 3. The first kappa shape index (κ1) is 25.0. The van der Waals surface area contributed by atoms with Crippen molar-refractivity contribution in [1.29, 1.82) is 0 Å². The van der Waals surface area contributed by atoms with Gasteiger partial charge in [-0.2, -0.15) is 0 Å². The molecule has 0 aromatic heterocycles. The van der Waals surface area contributed by atoms with Crippen molar-refractivity contribution in [3.8, 4) is 0 Å². The van der Waals surface area contributed by atoms with Crippen LogP contribution in [0.4, 0.5) is 0 Å². The summed E-state index contributed by atoms with van der Waals surface area (Å²) in [6.45, 7) is 3.85. The molecular weight excluding hydrogens is 388 g/mol. The van der Waals surface area contributed by atoms with Crippen molar-refractivity contribution < 1.29 is 29.2 Å². The van der Waals surface area contributed by atoms with E-state index in [1.54, 1.807) is 7.11 Å². The fourth-order valence-electron chi connectivity index (χ4n) is 2.69. The molecule has 0 bridgehead atoms. The van der Waals surface area contributed by atoms with Crippen molar-refractivity contribution in [3.63, 3.8) is 0 Å². The molecule has 6 nitrogen and oxygen atoms in total. The van der Waals surface area contributed by atoms with E-state index in [0.29, 0.717) is 11.0 Å². The molecule has 3 atom stereocenters. The molecule has 1 fully saturated rings. The summed E-state index contributed by atoms with van der Waals surface area (Å²) in [7, 11) is 3.05. The fraction of sp³-hybridized carbons (Fsp3) is 0.789. The molecule has 1 saturated heterocycles. The summed E-state index contributed by atoms with van der Waals surface area (Å²) >= 11 is 3.93. The number of aliphatic hydroxyl groups excluding tert-OH is 2. The van der Waals surface area contributed by atoms with E-state index in [1.165, 1.54) is 18.6 Å². The first-order valence-corrected chi connectivity index (χ1v) is 11.1. The molecule has 0 spiro atoms. The van der Waals surface area contributed by atoms with Crippen LogP contribution in [-0.4, -0.2) is 79.0 Å². The number of thioether (sulfide) groups is 2. The molecule has 0 aliphatic carbocycles. The highest BCUT2D eigenvalue weighted by molar-refractivity contribution is 8.20. The van der Waals surface area contributed by atoms with Crippen LogP contribution in [0.1, 0.15) is 20.3 Å². The molecule has 27 heavy (non-hydrogen) atoms. The molecule has 8 heteroatoms. The van der Waals surface area contributed by atoms with E-state index in [0.717, 1.165) is 0 Å². The minimum atomic E-state index is -1.07. The van der Waals surface area contributed by atoms with Crippen molar-refractivity contribution in [2.75, 3.05) is 45.9 Å². The molecule has 1 heterocycles. The molecule has 2 N–H and O–H groups in total. The summed E-state index contributed by atoms with van der Waals surface area (Å²) < 4.78 is 21.9. The van der Waals surface area contributed by atoms with Gasteiger partial charge < -0.3 is 29.2 Å². The van der Waals surface area contributed by atoms with Crippen LogP contribution < -0.4 is 0 Å². The van der Waals surface area contributed by atoms with Crippen molar-refractivity contribution >= 4 is 23.5 Å². The molecule has 1 aliphatic rings. The highest BCUT2D eigenvalue weighted by Crippen LogP contribution is 2.33. The maximum Gasteiger partial charge on any atom is 0.146 e. The molecule has 0 aromatic rings. The third-order valence-corrected chi connectivity index (χ3v) is 6.94. The van der Waals surface area contributed by atoms with Crippen LogP contribution in [0, 0.1) is 5.41 Å². The van der Waals surface area contributed by atoms with Gasteiger partial charge in [-0.1, -0.05) is 38.2 Å². The Labute approximate surface area is 171 Å². The van der Waals surface area contributed by atoms with Gasteiger partial charge in [0.25, 0.3) is 0 Å². The molecule has 0 radical (unpaired) electrons. The maximum absolute atomic E-state index is 10.2. The molecule has 1 rings (SSSR count). The molecule has 0 saturated carbocycles. The Bertz CT molecular complexity index is 438. The molecular formula is C19H34O6S2. The predicted octanol–water partition coefficient (Wildman–Crippen LogP) is 2.65. The van der Waals surface area contributed by atoms with E-state index in [9.17, 15) is 10.2 Å². The second-order valence-corrected chi connectivity index (χ2v) is 9.74. The zero-order chi connectivity index (χ0) is 20.1. The summed E-state index contributed by atoms with van der Waals surface area (Å²) in [5.74, 6) is 2.42. The number of ether oxygens (including phenoxy) is 4. The maximum atomic E-state index is 10.2. The van der Waals surface area contributed by atoms with Gasteiger partial charge >= 0.3 is 0 Å². The number of rotatable bonds is 14. The van der Waals surface area contributed by atoms with Crippen LogP contribution in [0.15, 0.2) is 24.3 Å². The lowest BCUT2D eigenvalue weighted by atomic mass is 9.84. The van der Waals surface area contributed by atoms with Gasteiger partial charge in [0.05, 0.1) is 17.3 Å². The minimum absolute atomic E-state index is 0.00426. The Hall–Kier alpha value is -0.0600. The Kier molecular flexibility index (Phi) is 13.0. The van der Waals surface area contributed by atoms with Gasteiger partial charge in [-0.15, -0.1) is 23.5 Å². The van der Waals surface area contributed by atoms with Crippen molar-refractivity contribution in [2.24, 2.45) is 5.41 Å². The highest BCUT2D eigenvalue weighted by Gasteiger charge is 2.33. The van der Waals surface area contributed by atoms with E-state index in [4.69, 9.17) is 18.9 Å². The van der Waals surface area contributed by atoms with E-state index in [-0.39, 0.29) is 19.0 Å². The normalized spacial score (nSPS) is 19.9. The standard InChI is InChI=1S/C19H34O6S2/c1-19(2,8-6-5-7-17-26-9-10-27-17)11-16(24-13-22-3)18(15(21)12-20)25-14-23-4/h5-8,15-18,20-21H,9-14H2,1-4H3/b7-5+,8-6+/t15-,16+,18-/m1/s1. The van der Waals surface area contributed by atoms with Gasteiger partial charge in [0.1, 0.15) is 25.8 Å². The first-order chi connectivity index (χ1) is 12.9.